The van der Waals surface area contributed by atoms with Gasteiger partial charge in [0.15, 0.2) is 0 Å². The molecule has 0 unspecified atom stereocenters. The van der Waals surface area contributed by atoms with Crippen molar-refractivity contribution in [1.29, 1.82) is 0 Å². The number of carbonyl (C=O) groups excluding carboxylic acids is 1. The summed E-state index contributed by atoms with van der Waals surface area (Å²) >= 11 is 0. The van der Waals surface area contributed by atoms with Gasteiger partial charge in [0.1, 0.15) is 5.75 Å². The lowest BCUT2D eigenvalue weighted by Crippen LogP contribution is -2.23. The Morgan fingerprint density at radius 2 is 1.83 bits per heavy atom. The zero-order valence-electron chi connectivity index (χ0n) is 13.8. The lowest BCUT2D eigenvalue weighted by molar-refractivity contribution is -0.116. The van der Waals surface area contributed by atoms with Crippen molar-refractivity contribution in [2.45, 2.75) is 18.7 Å². The van der Waals surface area contributed by atoms with Crippen LogP contribution in [0.1, 0.15) is 13.8 Å². The second-order valence-electron chi connectivity index (χ2n) is 5.14. The van der Waals surface area contributed by atoms with E-state index < -0.39 is 10.0 Å². The minimum atomic E-state index is -3.72. The summed E-state index contributed by atoms with van der Waals surface area (Å²) in [7, 11) is -2.09. The summed E-state index contributed by atoms with van der Waals surface area (Å²) in [5.74, 6) is 0.475. The Hall–Kier alpha value is -2.54. The predicted molar refractivity (Wildman–Crippen MR) is 93.9 cm³/mol. The molecule has 0 atom stereocenters. The molecule has 6 nitrogen and oxygen atoms in total. The number of anilines is 2. The van der Waals surface area contributed by atoms with E-state index in [1.165, 1.54) is 24.0 Å². The normalized spacial score (nSPS) is 11.0. The summed E-state index contributed by atoms with van der Waals surface area (Å²) < 4.78 is 32.7. The Morgan fingerprint density at radius 3 is 2.42 bits per heavy atom. The summed E-state index contributed by atoms with van der Waals surface area (Å²) in [5, 5.41) is 0. The monoisotopic (exact) mass is 348 g/mol. The first kappa shape index (κ1) is 17.8. The fourth-order valence-corrected chi connectivity index (χ4v) is 3.11. The zero-order valence-corrected chi connectivity index (χ0v) is 14.6. The Balaban J connectivity index is 2.22. The average Bonchev–Trinajstić information content (AvgIpc) is 2.54. The lowest BCUT2D eigenvalue weighted by Gasteiger charge is -2.16. The van der Waals surface area contributed by atoms with E-state index in [-0.39, 0.29) is 10.8 Å². The molecule has 1 N–H and O–H groups in total. The van der Waals surface area contributed by atoms with Gasteiger partial charge in [-0.15, -0.1) is 0 Å². The highest BCUT2D eigenvalue weighted by Gasteiger charge is 2.15. The molecule has 0 heterocycles. The number of benzene rings is 2. The molecule has 0 fully saturated rings. The fraction of sp³-hybridized carbons (Fsp3) is 0.235. The molecule has 2 aromatic rings. The van der Waals surface area contributed by atoms with Crippen molar-refractivity contribution in [3.63, 3.8) is 0 Å². The van der Waals surface area contributed by atoms with Crippen LogP contribution < -0.4 is 14.4 Å². The maximum absolute atomic E-state index is 12.5. The van der Waals surface area contributed by atoms with Crippen molar-refractivity contribution in [2.24, 2.45) is 0 Å². The van der Waals surface area contributed by atoms with Gasteiger partial charge in [-0.25, -0.2) is 8.42 Å². The molecule has 0 aliphatic rings. The molecule has 0 radical (unpaired) electrons. The van der Waals surface area contributed by atoms with E-state index >= 15 is 0 Å². The van der Waals surface area contributed by atoms with Gasteiger partial charge >= 0.3 is 0 Å². The second-order valence-corrected chi connectivity index (χ2v) is 6.82. The largest absolute Gasteiger partial charge is 0.494 e. The van der Waals surface area contributed by atoms with Gasteiger partial charge in [-0.1, -0.05) is 6.07 Å². The van der Waals surface area contributed by atoms with Crippen LogP contribution in [-0.2, 0) is 14.8 Å². The molecule has 0 spiro atoms. The highest BCUT2D eigenvalue weighted by atomic mass is 32.2. The molecule has 7 heteroatoms. The van der Waals surface area contributed by atoms with Crippen LogP contribution in [0.5, 0.6) is 5.75 Å². The molecule has 128 valence electrons. The van der Waals surface area contributed by atoms with Gasteiger partial charge < -0.3 is 9.64 Å². The van der Waals surface area contributed by atoms with Crippen molar-refractivity contribution < 1.29 is 17.9 Å². The van der Waals surface area contributed by atoms with Crippen molar-refractivity contribution >= 4 is 27.3 Å². The fourth-order valence-electron chi connectivity index (χ4n) is 2.06. The van der Waals surface area contributed by atoms with E-state index in [1.54, 1.807) is 43.4 Å². The van der Waals surface area contributed by atoms with E-state index in [0.717, 1.165) is 0 Å². The van der Waals surface area contributed by atoms with Gasteiger partial charge in [-0.3, -0.25) is 9.52 Å². The Kier molecular flexibility index (Phi) is 5.46. The van der Waals surface area contributed by atoms with Gasteiger partial charge in [-0.05, 0) is 49.4 Å². The third-order valence-electron chi connectivity index (χ3n) is 3.40. The molecule has 0 bridgehead atoms. The van der Waals surface area contributed by atoms with Crippen LogP contribution in [0.2, 0.25) is 0 Å². The molecule has 0 saturated heterocycles. The summed E-state index contributed by atoms with van der Waals surface area (Å²) in [6.45, 7) is 3.81. The number of ether oxygens (including phenoxy) is 1. The summed E-state index contributed by atoms with van der Waals surface area (Å²) in [5.41, 5.74) is 0.990. The SMILES string of the molecule is CCOc1ccc(S(=O)(=O)Nc2cccc(N(C)C(C)=O)c2)cc1. The first-order valence-corrected chi connectivity index (χ1v) is 8.92. The van der Waals surface area contributed by atoms with Crippen molar-refractivity contribution in [1.82, 2.24) is 0 Å². The Morgan fingerprint density at radius 1 is 1.17 bits per heavy atom. The highest BCUT2D eigenvalue weighted by molar-refractivity contribution is 7.92. The number of rotatable bonds is 6. The van der Waals surface area contributed by atoms with Gasteiger partial charge in [0.25, 0.3) is 10.0 Å². The van der Waals surface area contributed by atoms with Crippen LogP contribution in [0, 0.1) is 0 Å². The Bertz CT molecular complexity index is 817. The zero-order chi connectivity index (χ0) is 17.7. The van der Waals surface area contributed by atoms with Gasteiger partial charge in [-0.2, -0.15) is 0 Å². The van der Waals surface area contributed by atoms with Crippen molar-refractivity contribution in [3.8, 4) is 5.75 Å². The average molecular weight is 348 g/mol. The molecule has 2 aromatic carbocycles. The molecular weight excluding hydrogens is 328 g/mol. The topological polar surface area (TPSA) is 75.7 Å². The number of nitrogens with one attached hydrogen (secondary N) is 1. The summed E-state index contributed by atoms with van der Waals surface area (Å²) in [6.07, 6.45) is 0. The standard InChI is InChI=1S/C17H20N2O4S/c1-4-23-16-8-10-17(11-9-16)24(21,22)18-14-6-5-7-15(12-14)19(3)13(2)20/h5-12,18H,4H2,1-3H3. The number of hydrogen-bond donors (Lipinski definition) is 1. The maximum atomic E-state index is 12.5. The number of nitrogens with zero attached hydrogens (tertiary/aromatic N) is 1. The predicted octanol–water partition coefficient (Wildman–Crippen LogP) is 2.87. The molecule has 2 rings (SSSR count). The molecular formula is C17H20N2O4S. The second kappa shape index (κ2) is 7.35. The van der Waals surface area contributed by atoms with E-state index in [0.29, 0.717) is 23.7 Å². The minimum Gasteiger partial charge on any atom is -0.494 e. The van der Waals surface area contributed by atoms with Gasteiger partial charge in [0.2, 0.25) is 5.91 Å². The number of amides is 1. The van der Waals surface area contributed by atoms with Crippen LogP contribution in [0.4, 0.5) is 11.4 Å². The van der Waals surface area contributed by atoms with Gasteiger partial charge in [0, 0.05) is 19.7 Å². The van der Waals surface area contributed by atoms with E-state index in [2.05, 4.69) is 4.72 Å². The van der Waals surface area contributed by atoms with Crippen LogP contribution in [0.3, 0.4) is 0 Å². The highest BCUT2D eigenvalue weighted by Crippen LogP contribution is 2.22. The molecule has 24 heavy (non-hydrogen) atoms. The molecule has 0 saturated carbocycles. The number of hydrogen-bond acceptors (Lipinski definition) is 4. The minimum absolute atomic E-state index is 0.135. The maximum Gasteiger partial charge on any atom is 0.261 e. The molecule has 0 aliphatic carbocycles. The summed E-state index contributed by atoms with van der Waals surface area (Å²) in [4.78, 5) is 13.0. The third-order valence-corrected chi connectivity index (χ3v) is 4.80. The van der Waals surface area contributed by atoms with Crippen LogP contribution in [0.15, 0.2) is 53.4 Å². The number of carbonyl (C=O) groups is 1. The van der Waals surface area contributed by atoms with Crippen molar-refractivity contribution in [3.05, 3.63) is 48.5 Å². The van der Waals surface area contributed by atoms with Crippen molar-refractivity contribution in [2.75, 3.05) is 23.3 Å². The Labute approximate surface area is 142 Å². The third kappa shape index (κ3) is 4.26. The smallest absolute Gasteiger partial charge is 0.261 e. The molecule has 0 aliphatic heterocycles. The first-order valence-electron chi connectivity index (χ1n) is 7.43. The number of sulfonamides is 1. The van der Waals surface area contributed by atoms with E-state index in [1.807, 2.05) is 6.92 Å². The molecule has 1 amide bonds. The molecule has 0 aromatic heterocycles. The lowest BCUT2D eigenvalue weighted by atomic mass is 10.2. The van der Waals surface area contributed by atoms with Crippen LogP contribution in [0.25, 0.3) is 0 Å². The van der Waals surface area contributed by atoms with Crippen LogP contribution >= 0.6 is 0 Å². The van der Waals surface area contributed by atoms with Crippen LogP contribution in [-0.4, -0.2) is 28.0 Å². The van der Waals surface area contributed by atoms with E-state index in [9.17, 15) is 13.2 Å². The quantitative estimate of drug-likeness (QED) is 0.871. The van der Waals surface area contributed by atoms with Gasteiger partial charge in [0.05, 0.1) is 17.2 Å². The van der Waals surface area contributed by atoms with E-state index in [4.69, 9.17) is 4.74 Å². The summed E-state index contributed by atoms with van der Waals surface area (Å²) in [6, 6.07) is 12.8. The first-order chi connectivity index (χ1) is 11.3.